The van der Waals surface area contributed by atoms with Crippen LogP contribution in [0.1, 0.15) is 39.7 Å². The molecule has 1 aliphatic carbocycles. The Morgan fingerprint density at radius 2 is 2.00 bits per heavy atom. The summed E-state index contributed by atoms with van der Waals surface area (Å²) in [4.78, 5) is 14.1. The van der Waals surface area contributed by atoms with E-state index in [2.05, 4.69) is 47.1 Å². The molecule has 1 aromatic carbocycles. The minimum absolute atomic E-state index is 0.168. The van der Waals surface area contributed by atoms with E-state index in [1.807, 2.05) is 25.7 Å². The van der Waals surface area contributed by atoms with E-state index in [1.165, 1.54) is 5.56 Å². The summed E-state index contributed by atoms with van der Waals surface area (Å²) in [7, 11) is 0. The molecule has 0 spiro atoms. The molecule has 0 aromatic heterocycles. The molecule has 3 rings (SSSR count). The lowest BCUT2D eigenvalue weighted by Gasteiger charge is -2.29. The number of carbonyl (C=O) groups is 1. The van der Waals surface area contributed by atoms with Crippen molar-refractivity contribution in [1.29, 1.82) is 0 Å². The molecule has 120 valence electrons. The van der Waals surface area contributed by atoms with Crippen molar-refractivity contribution in [3.63, 3.8) is 0 Å². The highest BCUT2D eigenvalue weighted by molar-refractivity contribution is 9.10. The van der Waals surface area contributed by atoms with Crippen molar-refractivity contribution in [1.82, 2.24) is 4.90 Å². The summed E-state index contributed by atoms with van der Waals surface area (Å²) in [5.74, 6) is 1.14. The average Bonchev–Trinajstić information content (AvgIpc) is 2.80. The van der Waals surface area contributed by atoms with Gasteiger partial charge in [-0.3, -0.25) is 0 Å². The topological polar surface area (TPSA) is 29.5 Å². The number of amides is 1. The van der Waals surface area contributed by atoms with Gasteiger partial charge in [0, 0.05) is 23.0 Å². The van der Waals surface area contributed by atoms with Crippen LogP contribution in [0, 0.1) is 11.8 Å². The smallest absolute Gasteiger partial charge is 0.410 e. The molecule has 1 heterocycles. The molecule has 1 aromatic rings. The fourth-order valence-corrected chi connectivity index (χ4v) is 4.54. The maximum Gasteiger partial charge on any atom is 0.410 e. The van der Waals surface area contributed by atoms with E-state index in [9.17, 15) is 4.79 Å². The van der Waals surface area contributed by atoms with Crippen LogP contribution in [0.25, 0.3) is 0 Å². The zero-order valence-electron chi connectivity index (χ0n) is 13.7. The number of benzene rings is 1. The van der Waals surface area contributed by atoms with Gasteiger partial charge >= 0.3 is 6.09 Å². The third-order valence-corrected chi connectivity index (χ3v) is 5.63. The van der Waals surface area contributed by atoms with E-state index in [1.54, 1.807) is 0 Å². The van der Waals surface area contributed by atoms with Gasteiger partial charge < -0.3 is 9.64 Å². The maximum atomic E-state index is 12.2. The summed E-state index contributed by atoms with van der Waals surface area (Å²) in [5, 5.41) is 0. The quantitative estimate of drug-likeness (QED) is 0.766. The molecule has 4 heteroatoms. The van der Waals surface area contributed by atoms with Crippen molar-refractivity contribution < 1.29 is 9.53 Å². The summed E-state index contributed by atoms with van der Waals surface area (Å²) < 4.78 is 6.63. The molecule has 2 fully saturated rings. The van der Waals surface area contributed by atoms with Gasteiger partial charge in [0.25, 0.3) is 0 Å². The van der Waals surface area contributed by atoms with E-state index in [0.29, 0.717) is 11.8 Å². The van der Waals surface area contributed by atoms with Crippen LogP contribution in [-0.4, -0.2) is 29.7 Å². The van der Waals surface area contributed by atoms with Crippen molar-refractivity contribution in [3.8, 4) is 0 Å². The van der Waals surface area contributed by atoms with Crippen LogP contribution in [0.4, 0.5) is 4.79 Å². The molecule has 3 nitrogen and oxygen atoms in total. The molecular weight excluding hydrogens is 342 g/mol. The third kappa shape index (κ3) is 2.55. The number of piperidine rings is 1. The minimum atomic E-state index is -0.421. The summed E-state index contributed by atoms with van der Waals surface area (Å²) >= 11 is 3.57. The molecule has 1 saturated carbocycles. The normalized spacial score (nSPS) is 30.1. The highest BCUT2D eigenvalue weighted by Gasteiger charge is 2.68. The summed E-state index contributed by atoms with van der Waals surface area (Å²) in [6, 6.07) is 8.64. The Hall–Kier alpha value is -1.03. The molecule has 0 unspecified atom stereocenters. The van der Waals surface area contributed by atoms with Crippen LogP contribution in [0.15, 0.2) is 28.7 Å². The Bertz CT molecular complexity index is 581. The number of nitrogens with zero attached hydrogens (tertiary/aromatic N) is 1. The molecule has 3 atom stereocenters. The van der Waals surface area contributed by atoms with Crippen LogP contribution >= 0.6 is 15.9 Å². The number of halogens is 1. The van der Waals surface area contributed by atoms with Gasteiger partial charge in [-0.1, -0.05) is 35.0 Å². The second-order valence-corrected chi connectivity index (χ2v) is 8.42. The Morgan fingerprint density at radius 3 is 2.50 bits per heavy atom. The zero-order valence-corrected chi connectivity index (χ0v) is 15.3. The summed E-state index contributed by atoms with van der Waals surface area (Å²) in [5.41, 5.74) is 1.24. The van der Waals surface area contributed by atoms with Gasteiger partial charge in [0.05, 0.1) is 0 Å². The first-order valence-corrected chi connectivity index (χ1v) is 8.81. The van der Waals surface area contributed by atoms with Crippen LogP contribution in [0.3, 0.4) is 0 Å². The number of likely N-dealkylation sites (tertiary alicyclic amines) is 1. The van der Waals surface area contributed by atoms with Crippen LogP contribution in [0.5, 0.6) is 0 Å². The van der Waals surface area contributed by atoms with Crippen molar-refractivity contribution >= 4 is 22.0 Å². The van der Waals surface area contributed by atoms with Gasteiger partial charge in [0.1, 0.15) is 5.60 Å². The lowest BCUT2D eigenvalue weighted by molar-refractivity contribution is 0.0260. The second kappa shape index (κ2) is 5.26. The number of ether oxygens (including phenoxy) is 1. The van der Waals surface area contributed by atoms with Crippen LogP contribution in [0.2, 0.25) is 0 Å². The number of rotatable bonds is 2. The first-order valence-electron chi connectivity index (χ1n) is 8.02. The molecular formula is C18H24BrNO2. The number of fused-ring (bicyclic) bond motifs is 1. The standard InChI is InChI=1S/C18H24BrNO2/c1-5-18(12-7-6-8-13(19)9-12)14-10-20(11-15(14)18)16(21)22-17(2,3)4/h6-9,14-15H,5,10-11H2,1-4H3/t14-,15+,18-. The molecule has 22 heavy (non-hydrogen) atoms. The lowest BCUT2D eigenvalue weighted by Crippen LogP contribution is -2.39. The largest absolute Gasteiger partial charge is 0.444 e. The molecule has 0 N–H and O–H groups in total. The van der Waals surface area contributed by atoms with Gasteiger partial charge in [0.2, 0.25) is 0 Å². The highest BCUT2D eigenvalue weighted by atomic mass is 79.9. The number of hydrogen-bond donors (Lipinski definition) is 0. The Labute approximate surface area is 141 Å². The molecule has 1 amide bonds. The first-order chi connectivity index (χ1) is 10.3. The van der Waals surface area contributed by atoms with E-state index in [0.717, 1.165) is 24.0 Å². The Morgan fingerprint density at radius 1 is 1.36 bits per heavy atom. The zero-order chi connectivity index (χ0) is 16.1. The molecule has 2 aliphatic rings. The predicted octanol–water partition coefficient (Wildman–Crippen LogP) is 4.59. The van der Waals surface area contributed by atoms with Crippen LogP contribution < -0.4 is 0 Å². The van der Waals surface area contributed by atoms with Gasteiger partial charge in [-0.25, -0.2) is 4.79 Å². The maximum absolute atomic E-state index is 12.2. The minimum Gasteiger partial charge on any atom is -0.444 e. The van der Waals surface area contributed by atoms with E-state index >= 15 is 0 Å². The van der Waals surface area contributed by atoms with Crippen molar-refractivity contribution in [3.05, 3.63) is 34.3 Å². The Kier molecular flexibility index (Phi) is 3.79. The summed E-state index contributed by atoms with van der Waals surface area (Å²) in [6.45, 7) is 9.65. The van der Waals surface area contributed by atoms with Gasteiger partial charge in [0.15, 0.2) is 0 Å². The molecule has 1 saturated heterocycles. The van der Waals surface area contributed by atoms with E-state index in [4.69, 9.17) is 4.74 Å². The Balaban J connectivity index is 1.72. The van der Waals surface area contributed by atoms with E-state index in [-0.39, 0.29) is 11.5 Å². The van der Waals surface area contributed by atoms with Gasteiger partial charge in [-0.05, 0) is 56.7 Å². The monoisotopic (exact) mass is 365 g/mol. The number of hydrogen-bond acceptors (Lipinski definition) is 2. The fourth-order valence-electron chi connectivity index (χ4n) is 4.14. The van der Waals surface area contributed by atoms with Crippen LogP contribution in [-0.2, 0) is 10.2 Å². The fraction of sp³-hybridized carbons (Fsp3) is 0.611. The lowest BCUT2D eigenvalue weighted by atomic mass is 9.87. The average molecular weight is 366 g/mol. The number of carbonyl (C=O) groups excluding carboxylic acids is 1. The SMILES string of the molecule is CC[C@@]1(c2cccc(Br)c2)[C@@H]2CN(C(=O)OC(C)(C)C)C[C@@H]21. The molecule has 0 radical (unpaired) electrons. The van der Waals surface area contributed by atoms with Crippen molar-refractivity contribution in [2.75, 3.05) is 13.1 Å². The van der Waals surface area contributed by atoms with Crippen molar-refractivity contribution in [2.24, 2.45) is 11.8 Å². The molecule has 0 bridgehead atoms. The second-order valence-electron chi connectivity index (χ2n) is 7.50. The van der Waals surface area contributed by atoms with Gasteiger partial charge in [-0.2, -0.15) is 0 Å². The summed E-state index contributed by atoms with van der Waals surface area (Å²) in [6.07, 6.45) is 0.958. The predicted molar refractivity (Wildman–Crippen MR) is 90.9 cm³/mol. The van der Waals surface area contributed by atoms with E-state index < -0.39 is 5.60 Å². The molecule has 1 aliphatic heterocycles. The van der Waals surface area contributed by atoms with Gasteiger partial charge in [-0.15, -0.1) is 0 Å². The van der Waals surface area contributed by atoms with Crippen molar-refractivity contribution in [2.45, 2.75) is 45.1 Å². The third-order valence-electron chi connectivity index (χ3n) is 5.13. The first kappa shape index (κ1) is 15.9. The highest BCUT2D eigenvalue weighted by Crippen LogP contribution is 2.65.